The first-order valence-corrected chi connectivity index (χ1v) is 9.71. The number of hydrogen-bond donors (Lipinski definition) is 3. The summed E-state index contributed by atoms with van der Waals surface area (Å²) >= 11 is 0. The number of hydrogen-bond acceptors (Lipinski definition) is 3. The lowest BCUT2D eigenvalue weighted by molar-refractivity contribution is 0.393. The molecular formula is C20H27N7. The Kier molecular flexibility index (Phi) is 5.09. The summed E-state index contributed by atoms with van der Waals surface area (Å²) in [6.45, 7) is 6.66. The van der Waals surface area contributed by atoms with E-state index in [1.165, 1.54) is 22.0 Å². The number of nitrogens with one attached hydrogen (secondary N) is 3. The maximum absolute atomic E-state index is 4.79. The van der Waals surface area contributed by atoms with Gasteiger partial charge in [-0.3, -0.25) is 4.99 Å². The maximum atomic E-state index is 4.79. The van der Waals surface area contributed by atoms with Crippen LogP contribution >= 0.6 is 0 Å². The molecule has 0 radical (unpaired) electrons. The molecule has 0 fully saturated rings. The molecular weight excluding hydrogens is 338 g/mol. The Labute approximate surface area is 159 Å². The molecule has 1 aliphatic heterocycles. The van der Waals surface area contributed by atoms with Gasteiger partial charge in [0.25, 0.3) is 0 Å². The zero-order chi connectivity index (χ0) is 18.6. The first-order valence-electron chi connectivity index (χ1n) is 9.71. The van der Waals surface area contributed by atoms with Crippen LogP contribution in [0.1, 0.15) is 30.3 Å². The molecule has 0 spiro atoms. The van der Waals surface area contributed by atoms with Gasteiger partial charge in [0.15, 0.2) is 5.96 Å². The molecule has 0 aliphatic carbocycles. The monoisotopic (exact) mass is 365 g/mol. The molecule has 3 heterocycles. The summed E-state index contributed by atoms with van der Waals surface area (Å²) in [5.74, 6) is 1.95. The summed E-state index contributed by atoms with van der Waals surface area (Å²) in [4.78, 5) is 12.5. The SMILES string of the molecule is CCNC(=NCCc1c[nH]c2c(C)cccc12)NC1CCc2ncnn2C1. The summed E-state index contributed by atoms with van der Waals surface area (Å²) in [6, 6.07) is 6.76. The molecule has 142 valence electrons. The van der Waals surface area contributed by atoms with Crippen molar-refractivity contribution >= 4 is 16.9 Å². The van der Waals surface area contributed by atoms with Crippen LogP contribution in [0.15, 0.2) is 35.7 Å². The average molecular weight is 365 g/mol. The summed E-state index contributed by atoms with van der Waals surface area (Å²) < 4.78 is 1.99. The van der Waals surface area contributed by atoms with Gasteiger partial charge < -0.3 is 15.6 Å². The molecule has 3 N–H and O–H groups in total. The third-order valence-corrected chi connectivity index (χ3v) is 5.15. The molecule has 27 heavy (non-hydrogen) atoms. The molecule has 3 aromatic rings. The predicted molar refractivity (Wildman–Crippen MR) is 108 cm³/mol. The number of aliphatic imine (C=N–C) groups is 1. The van der Waals surface area contributed by atoms with Crippen LogP contribution in [0.2, 0.25) is 0 Å². The molecule has 1 unspecified atom stereocenters. The summed E-state index contributed by atoms with van der Waals surface area (Å²) in [5, 5.41) is 12.5. The van der Waals surface area contributed by atoms with E-state index in [2.05, 4.69) is 63.9 Å². The fourth-order valence-corrected chi connectivity index (χ4v) is 3.73. The molecule has 0 amide bonds. The number of aryl methyl sites for hydroxylation is 2. The number of para-hydroxylation sites is 1. The maximum Gasteiger partial charge on any atom is 0.191 e. The van der Waals surface area contributed by atoms with E-state index >= 15 is 0 Å². The Bertz CT molecular complexity index is 937. The van der Waals surface area contributed by atoms with Crippen LogP contribution in [-0.4, -0.2) is 44.8 Å². The third-order valence-electron chi connectivity index (χ3n) is 5.15. The van der Waals surface area contributed by atoms with E-state index in [-0.39, 0.29) is 0 Å². The van der Waals surface area contributed by atoms with Crippen molar-refractivity contribution < 1.29 is 0 Å². The molecule has 1 aliphatic rings. The van der Waals surface area contributed by atoms with Gasteiger partial charge >= 0.3 is 0 Å². The third kappa shape index (κ3) is 3.82. The van der Waals surface area contributed by atoms with E-state index in [4.69, 9.17) is 4.99 Å². The normalized spacial score (nSPS) is 17.1. The van der Waals surface area contributed by atoms with Gasteiger partial charge in [0, 0.05) is 42.7 Å². The first-order chi connectivity index (χ1) is 13.2. The van der Waals surface area contributed by atoms with Crippen molar-refractivity contribution in [3.63, 3.8) is 0 Å². The van der Waals surface area contributed by atoms with Gasteiger partial charge in [-0.1, -0.05) is 18.2 Å². The van der Waals surface area contributed by atoms with Gasteiger partial charge in [-0.25, -0.2) is 9.67 Å². The van der Waals surface area contributed by atoms with E-state index in [1.807, 2.05) is 4.68 Å². The lowest BCUT2D eigenvalue weighted by Crippen LogP contribution is -2.47. The zero-order valence-electron chi connectivity index (χ0n) is 16.0. The Morgan fingerprint density at radius 3 is 3.22 bits per heavy atom. The van der Waals surface area contributed by atoms with Crippen molar-refractivity contribution in [1.29, 1.82) is 0 Å². The van der Waals surface area contributed by atoms with E-state index in [0.29, 0.717) is 6.04 Å². The minimum atomic E-state index is 0.327. The van der Waals surface area contributed by atoms with Gasteiger partial charge in [-0.15, -0.1) is 0 Å². The van der Waals surface area contributed by atoms with Crippen molar-refractivity contribution in [2.75, 3.05) is 13.1 Å². The molecule has 1 aromatic carbocycles. The second-order valence-corrected chi connectivity index (χ2v) is 7.06. The Hall–Kier alpha value is -2.83. The van der Waals surface area contributed by atoms with Gasteiger partial charge in [-0.05, 0) is 37.8 Å². The van der Waals surface area contributed by atoms with Crippen LogP contribution < -0.4 is 10.6 Å². The van der Waals surface area contributed by atoms with Crippen LogP contribution in [0.5, 0.6) is 0 Å². The number of aromatic nitrogens is 4. The van der Waals surface area contributed by atoms with Crippen LogP contribution in [0.4, 0.5) is 0 Å². The molecule has 0 bridgehead atoms. The van der Waals surface area contributed by atoms with Gasteiger partial charge in [0.05, 0.1) is 6.54 Å². The van der Waals surface area contributed by atoms with Crippen molar-refractivity contribution in [1.82, 2.24) is 30.4 Å². The largest absolute Gasteiger partial charge is 0.361 e. The highest BCUT2D eigenvalue weighted by Gasteiger charge is 2.20. The number of nitrogens with zero attached hydrogens (tertiary/aromatic N) is 4. The number of rotatable bonds is 5. The highest BCUT2D eigenvalue weighted by atomic mass is 15.4. The number of fused-ring (bicyclic) bond motifs is 2. The Morgan fingerprint density at radius 2 is 2.33 bits per heavy atom. The molecule has 0 saturated carbocycles. The van der Waals surface area contributed by atoms with Crippen molar-refractivity contribution in [2.45, 2.75) is 45.7 Å². The van der Waals surface area contributed by atoms with Crippen LogP contribution in [0, 0.1) is 6.92 Å². The molecule has 2 aromatic heterocycles. The highest BCUT2D eigenvalue weighted by Crippen LogP contribution is 2.21. The van der Waals surface area contributed by atoms with Crippen molar-refractivity contribution in [3.05, 3.63) is 47.7 Å². The van der Waals surface area contributed by atoms with Crippen molar-refractivity contribution in [2.24, 2.45) is 4.99 Å². The van der Waals surface area contributed by atoms with Gasteiger partial charge in [0.2, 0.25) is 0 Å². The minimum absolute atomic E-state index is 0.327. The summed E-state index contributed by atoms with van der Waals surface area (Å²) in [7, 11) is 0. The minimum Gasteiger partial charge on any atom is -0.361 e. The summed E-state index contributed by atoms with van der Waals surface area (Å²) in [6.07, 6.45) is 6.66. The standard InChI is InChI=1S/C20H27N7/c1-3-21-20(26-16-7-8-18-24-13-25-27(18)12-16)22-10-9-15-11-23-19-14(2)5-4-6-17(15)19/h4-6,11,13,16,23H,3,7-10,12H2,1-2H3,(H2,21,22,26). The molecule has 4 rings (SSSR count). The lowest BCUT2D eigenvalue weighted by atomic mass is 10.1. The van der Waals surface area contributed by atoms with Gasteiger partial charge in [0.1, 0.15) is 12.2 Å². The topological polar surface area (TPSA) is 82.9 Å². The van der Waals surface area contributed by atoms with Crippen LogP contribution in [0.25, 0.3) is 10.9 Å². The zero-order valence-corrected chi connectivity index (χ0v) is 16.0. The average Bonchev–Trinajstić information content (AvgIpc) is 3.29. The van der Waals surface area contributed by atoms with Gasteiger partial charge in [-0.2, -0.15) is 5.10 Å². The Morgan fingerprint density at radius 1 is 1.41 bits per heavy atom. The van der Waals surface area contributed by atoms with Crippen molar-refractivity contribution in [3.8, 4) is 0 Å². The van der Waals surface area contributed by atoms with E-state index < -0.39 is 0 Å². The predicted octanol–water partition coefficient (Wildman–Crippen LogP) is 2.18. The number of H-pyrrole nitrogens is 1. The summed E-state index contributed by atoms with van der Waals surface area (Å²) in [5.41, 5.74) is 3.83. The fourth-order valence-electron chi connectivity index (χ4n) is 3.73. The number of benzene rings is 1. The van der Waals surface area contributed by atoms with E-state index in [1.54, 1.807) is 6.33 Å². The molecule has 1 atom stereocenters. The second-order valence-electron chi connectivity index (χ2n) is 7.06. The number of aromatic amines is 1. The fraction of sp³-hybridized carbons (Fsp3) is 0.450. The Balaban J connectivity index is 1.40. The molecule has 7 nitrogen and oxygen atoms in total. The quantitative estimate of drug-likeness (QED) is 0.478. The van der Waals surface area contributed by atoms with E-state index in [0.717, 1.165) is 50.7 Å². The lowest BCUT2D eigenvalue weighted by Gasteiger charge is -2.25. The molecule has 0 saturated heterocycles. The molecule has 7 heteroatoms. The van der Waals surface area contributed by atoms with Crippen LogP contribution in [0.3, 0.4) is 0 Å². The second kappa shape index (κ2) is 7.82. The smallest absolute Gasteiger partial charge is 0.191 e. The van der Waals surface area contributed by atoms with E-state index in [9.17, 15) is 0 Å². The van der Waals surface area contributed by atoms with Crippen LogP contribution in [-0.2, 0) is 19.4 Å². The first kappa shape index (κ1) is 17.6. The number of guanidine groups is 1. The highest BCUT2D eigenvalue weighted by molar-refractivity contribution is 5.86.